The van der Waals surface area contributed by atoms with E-state index in [0.29, 0.717) is 19.5 Å². The Hall–Kier alpha value is -0.110. The van der Waals surface area contributed by atoms with Gasteiger partial charge in [0.1, 0.15) is 4.90 Å². The minimum atomic E-state index is -3.83. The van der Waals surface area contributed by atoms with Gasteiger partial charge in [-0.15, -0.1) is 12.4 Å². The lowest BCUT2D eigenvalue weighted by atomic mass is 10.0. The Morgan fingerprint density at radius 1 is 1.43 bits per heavy atom. The molecular weight excluding hydrogens is 362 g/mol. The van der Waals surface area contributed by atoms with E-state index in [0.717, 1.165) is 0 Å². The van der Waals surface area contributed by atoms with Crippen LogP contribution in [0.5, 0.6) is 0 Å². The van der Waals surface area contributed by atoms with E-state index in [-0.39, 0.29) is 34.3 Å². The van der Waals surface area contributed by atoms with Crippen LogP contribution in [-0.4, -0.2) is 31.9 Å². The van der Waals surface area contributed by atoms with E-state index in [4.69, 9.17) is 28.9 Å². The number of nitrogens with zero attached hydrogens (tertiary/aromatic N) is 1. The maximum Gasteiger partial charge on any atom is 0.244 e. The Balaban J connectivity index is 0.00000220. The zero-order chi connectivity index (χ0) is 15.1. The fraction of sp³-hybridized carbons (Fsp3) is 0.500. The van der Waals surface area contributed by atoms with Crippen LogP contribution in [0.1, 0.15) is 13.3 Å². The average molecular weight is 378 g/mol. The van der Waals surface area contributed by atoms with Gasteiger partial charge in [0.15, 0.2) is 5.82 Å². The van der Waals surface area contributed by atoms with Crippen LogP contribution in [0, 0.1) is 11.7 Å². The summed E-state index contributed by atoms with van der Waals surface area (Å²) in [5.41, 5.74) is 5.79. The van der Waals surface area contributed by atoms with Crippen LogP contribution in [0.25, 0.3) is 0 Å². The topological polar surface area (TPSA) is 63.4 Å². The van der Waals surface area contributed by atoms with Crippen molar-refractivity contribution in [1.82, 2.24) is 4.31 Å². The summed E-state index contributed by atoms with van der Waals surface area (Å²) in [5.74, 6) is -0.821. The molecule has 4 nitrogen and oxygen atoms in total. The molecule has 0 spiro atoms. The number of hydrogen-bond acceptors (Lipinski definition) is 3. The van der Waals surface area contributed by atoms with Crippen LogP contribution in [0.4, 0.5) is 4.39 Å². The Bertz CT molecular complexity index is 625. The van der Waals surface area contributed by atoms with E-state index >= 15 is 0 Å². The molecule has 0 amide bonds. The fourth-order valence-corrected chi connectivity index (χ4v) is 4.48. The van der Waals surface area contributed by atoms with Crippen LogP contribution < -0.4 is 5.73 Å². The van der Waals surface area contributed by atoms with Crippen molar-refractivity contribution < 1.29 is 12.8 Å². The highest BCUT2D eigenvalue weighted by Crippen LogP contribution is 2.33. The third-order valence-electron chi connectivity index (χ3n) is 3.55. The van der Waals surface area contributed by atoms with Gasteiger partial charge in [-0.05, 0) is 31.4 Å². The van der Waals surface area contributed by atoms with Gasteiger partial charge >= 0.3 is 0 Å². The van der Waals surface area contributed by atoms with Gasteiger partial charge in [-0.1, -0.05) is 23.2 Å². The highest BCUT2D eigenvalue weighted by Gasteiger charge is 2.35. The molecule has 2 rings (SSSR count). The van der Waals surface area contributed by atoms with Gasteiger partial charge in [-0.3, -0.25) is 0 Å². The molecule has 1 aliphatic rings. The van der Waals surface area contributed by atoms with Gasteiger partial charge in [0, 0.05) is 19.1 Å². The van der Waals surface area contributed by atoms with E-state index in [1.54, 1.807) is 0 Å². The summed E-state index contributed by atoms with van der Waals surface area (Å²) >= 11 is 11.3. The average Bonchev–Trinajstić information content (AvgIpc) is 2.86. The van der Waals surface area contributed by atoms with Crippen LogP contribution >= 0.6 is 35.6 Å². The largest absolute Gasteiger partial charge is 0.328 e. The maximum absolute atomic E-state index is 13.6. The molecule has 120 valence electrons. The lowest BCUT2D eigenvalue weighted by Gasteiger charge is -2.19. The van der Waals surface area contributed by atoms with Crippen molar-refractivity contribution in [3.63, 3.8) is 0 Å². The van der Waals surface area contributed by atoms with Crippen LogP contribution in [0.15, 0.2) is 17.0 Å². The molecule has 1 heterocycles. The van der Waals surface area contributed by atoms with E-state index in [2.05, 4.69) is 0 Å². The molecule has 9 heteroatoms. The Labute approximate surface area is 139 Å². The maximum atomic E-state index is 13.6. The van der Waals surface area contributed by atoms with Gasteiger partial charge in [-0.25, -0.2) is 12.8 Å². The van der Waals surface area contributed by atoms with Gasteiger partial charge in [-0.2, -0.15) is 4.31 Å². The van der Waals surface area contributed by atoms with Crippen molar-refractivity contribution in [3.05, 3.63) is 28.0 Å². The van der Waals surface area contributed by atoms with Crippen LogP contribution in [-0.2, 0) is 10.0 Å². The van der Waals surface area contributed by atoms with Crippen molar-refractivity contribution in [2.45, 2.75) is 24.3 Å². The summed E-state index contributed by atoms with van der Waals surface area (Å²) in [4.78, 5) is -0.258. The first-order valence-corrected chi connectivity index (χ1v) is 8.34. The highest BCUT2D eigenvalue weighted by molar-refractivity contribution is 7.89. The molecule has 0 saturated carbocycles. The van der Waals surface area contributed by atoms with Crippen molar-refractivity contribution in [2.75, 3.05) is 13.1 Å². The smallest absolute Gasteiger partial charge is 0.244 e. The van der Waals surface area contributed by atoms with Crippen molar-refractivity contribution in [1.29, 1.82) is 0 Å². The summed E-state index contributed by atoms with van der Waals surface area (Å²) < 4.78 is 39.9. The SMILES string of the molecule is CC(N)C1CCN(S(=O)(=O)c2ccc(Cl)c(F)c2Cl)C1.Cl. The first-order valence-electron chi connectivity index (χ1n) is 6.14. The minimum absolute atomic E-state index is 0. The van der Waals surface area contributed by atoms with Gasteiger partial charge in [0.05, 0.1) is 10.0 Å². The zero-order valence-electron chi connectivity index (χ0n) is 11.2. The number of rotatable bonds is 3. The molecule has 2 atom stereocenters. The molecule has 1 aliphatic heterocycles. The second-order valence-corrected chi connectivity index (χ2v) is 7.64. The summed E-state index contributed by atoms with van der Waals surface area (Å²) in [6.07, 6.45) is 0.685. The summed E-state index contributed by atoms with van der Waals surface area (Å²) in [6, 6.07) is 2.32. The predicted molar refractivity (Wildman–Crippen MR) is 84.2 cm³/mol. The summed E-state index contributed by atoms with van der Waals surface area (Å²) in [6.45, 7) is 2.52. The molecule has 2 N–H and O–H groups in total. The second-order valence-electron chi connectivity index (χ2n) is 4.94. The summed E-state index contributed by atoms with van der Waals surface area (Å²) in [7, 11) is -3.83. The Morgan fingerprint density at radius 3 is 2.57 bits per heavy atom. The normalized spacial score (nSPS) is 21.1. The molecule has 21 heavy (non-hydrogen) atoms. The van der Waals surface area contributed by atoms with Crippen LogP contribution in [0.3, 0.4) is 0 Å². The summed E-state index contributed by atoms with van der Waals surface area (Å²) in [5, 5.41) is -0.675. The monoisotopic (exact) mass is 376 g/mol. The first-order chi connectivity index (χ1) is 9.25. The van der Waals surface area contributed by atoms with E-state index in [1.165, 1.54) is 16.4 Å². The molecule has 0 aromatic heterocycles. The number of hydrogen-bond donors (Lipinski definition) is 1. The Kier molecular flexibility index (Phi) is 6.29. The minimum Gasteiger partial charge on any atom is -0.328 e. The number of halogens is 4. The molecule has 0 radical (unpaired) electrons. The molecule has 1 saturated heterocycles. The van der Waals surface area contributed by atoms with Gasteiger partial charge in [0.25, 0.3) is 0 Å². The number of sulfonamides is 1. The lowest BCUT2D eigenvalue weighted by Crippen LogP contribution is -2.33. The number of benzene rings is 1. The fourth-order valence-electron chi connectivity index (χ4n) is 2.25. The number of nitrogens with two attached hydrogens (primary N) is 1. The molecule has 1 fully saturated rings. The molecule has 0 bridgehead atoms. The Morgan fingerprint density at radius 2 is 2.05 bits per heavy atom. The van der Waals surface area contributed by atoms with Gasteiger partial charge in [0.2, 0.25) is 10.0 Å². The standard InChI is InChI=1S/C12H15Cl2FN2O2S.ClH/c1-7(16)8-4-5-17(6-8)20(18,19)10-3-2-9(13)12(15)11(10)14;/h2-3,7-8H,4-6,16H2,1H3;1H. The van der Waals surface area contributed by atoms with E-state index in [9.17, 15) is 12.8 Å². The molecule has 1 aromatic carbocycles. The third kappa shape index (κ3) is 3.63. The molecule has 2 unspecified atom stereocenters. The molecular formula is C12H16Cl3FN2O2S. The van der Waals surface area contributed by atoms with Crippen molar-refractivity contribution in [3.8, 4) is 0 Å². The van der Waals surface area contributed by atoms with Crippen molar-refractivity contribution >= 4 is 45.6 Å². The first kappa shape index (κ1) is 18.9. The van der Waals surface area contributed by atoms with Gasteiger partial charge < -0.3 is 5.73 Å². The quantitative estimate of drug-likeness (QED) is 0.824. The predicted octanol–water partition coefficient (Wildman–Crippen LogP) is 2.91. The molecule has 1 aromatic rings. The van der Waals surface area contributed by atoms with Crippen molar-refractivity contribution in [2.24, 2.45) is 11.7 Å². The van der Waals surface area contributed by atoms with E-state index < -0.39 is 20.9 Å². The second kappa shape index (κ2) is 6.98. The highest BCUT2D eigenvalue weighted by atomic mass is 35.5. The zero-order valence-corrected chi connectivity index (χ0v) is 14.4. The van der Waals surface area contributed by atoms with Crippen LogP contribution in [0.2, 0.25) is 10.0 Å². The lowest BCUT2D eigenvalue weighted by molar-refractivity contribution is 0.428. The van der Waals surface area contributed by atoms with E-state index in [1.807, 2.05) is 6.92 Å². The third-order valence-corrected chi connectivity index (χ3v) is 6.23. The molecule has 0 aliphatic carbocycles.